The first-order chi connectivity index (χ1) is 5.13. The van der Waals surface area contributed by atoms with Crippen LogP contribution in [0.5, 0.6) is 0 Å². The standard InChI is InChI=1S/C10H21Cl/c1-5-10(6-7-11)9(4)8(2)3/h8-10H,5-7H2,1-4H3. The van der Waals surface area contributed by atoms with E-state index in [9.17, 15) is 0 Å². The lowest BCUT2D eigenvalue weighted by Crippen LogP contribution is -2.16. The van der Waals surface area contributed by atoms with Crippen LogP contribution in [0.4, 0.5) is 0 Å². The Labute approximate surface area is 76.3 Å². The van der Waals surface area contributed by atoms with Gasteiger partial charge in [-0.1, -0.05) is 34.1 Å². The van der Waals surface area contributed by atoms with E-state index in [4.69, 9.17) is 11.6 Å². The highest BCUT2D eigenvalue weighted by Crippen LogP contribution is 2.26. The van der Waals surface area contributed by atoms with Crippen molar-refractivity contribution in [1.29, 1.82) is 0 Å². The number of rotatable bonds is 5. The number of hydrogen-bond acceptors (Lipinski definition) is 0. The highest BCUT2D eigenvalue weighted by atomic mass is 35.5. The second-order valence-electron chi connectivity index (χ2n) is 3.75. The topological polar surface area (TPSA) is 0 Å². The van der Waals surface area contributed by atoms with E-state index in [0.717, 1.165) is 23.6 Å². The van der Waals surface area contributed by atoms with Crippen LogP contribution in [0, 0.1) is 17.8 Å². The third kappa shape index (κ3) is 4.00. The maximum Gasteiger partial charge on any atom is 0.0226 e. The molecule has 0 aliphatic heterocycles. The van der Waals surface area contributed by atoms with Gasteiger partial charge in [0.05, 0.1) is 0 Å². The number of alkyl halides is 1. The van der Waals surface area contributed by atoms with E-state index in [1.807, 2.05) is 0 Å². The van der Waals surface area contributed by atoms with Crippen LogP contribution in [-0.2, 0) is 0 Å². The van der Waals surface area contributed by atoms with Gasteiger partial charge >= 0.3 is 0 Å². The molecule has 68 valence electrons. The summed E-state index contributed by atoms with van der Waals surface area (Å²) in [5.41, 5.74) is 0. The molecule has 0 amide bonds. The molecule has 0 saturated carbocycles. The van der Waals surface area contributed by atoms with Crippen molar-refractivity contribution < 1.29 is 0 Å². The first kappa shape index (κ1) is 11.3. The molecular formula is C10H21Cl. The van der Waals surface area contributed by atoms with Crippen molar-refractivity contribution >= 4 is 11.6 Å². The first-order valence-electron chi connectivity index (χ1n) is 4.69. The van der Waals surface area contributed by atoms with Gasteiger partial charge in [-0.15, -0.1) is 11.6 Å². The minimum Gasteiger partial charge on any atom is -0.127 e. The molecule has 1 heteroatoms. The molecule has 2 atom stereocenters. The van der Waals surface area contributed by atoms with Gasteiger partial charge in [0.2, 0.25) is 0 Å². The zero-order valence-corrected chi connectivity index (χ0v) is 8.99. The largest absolute Gasteiger partial charge is 0.127 e. The molecule has 0 aromatic rings. The molecule has 0 aromatic heterocycles. The Bertz CT molecular complexity index is 88.9. The molecule has 0 rings (SSSR count). The maximum atomic E-state index is 5.72. The summed E-state index contributed by atoms with van der Waals surface area (Å²) in [6.45, 7) is 9.19. The second-order valence-corrected chi connectivity index (χ2v) is 4.13. The second kappa shape index (κ2) is 5.88. The van der Waals surface area contributed by atoms with Crippen LogP contribution in [0.3, 0.4) is 0 Å². The SMILES string of the molecule is CCC(CCCl)C(C)C(C)C. The van der Waals surface area contributed by atoms with Crippen molar-refractivity contribution in [2.24, 2.45) is 17.8 Å². The van der Waals surface area contributed by atoms with Crippen molar-refractivity contribution in [3.63, 3.8) is 0 Å². The van der Waals surface area contributed by atoms with Gasteiger partial charge in [0.15, 0.2) is 0 Å². The van der Waals surface area contributed by atoms with Gasteiger partial charge in [-0.25, -0.2) is 0 Å². The van der Waals surface area contributed by atoms with Gasteiger partial charge in [0.1, 0.15) is 0 Å². The molecule has 0 radical (unpaired) electrons. The van der Waals surface area contributed by atoms with Crippen LogP contribution in [0.15, 0.2) is 0 Å². The lowest BCUT2D eigenvalue weighted by molar-refractivity contribution is 0.263. The lowest BCUT2D eigenvalue weighted by atomic mass is 9.82. The predicted molar refractivity (Wildman–Crippen MR) is 53.1 cm³/mol. The van der Waals surface area contributed by atoms with Gasteiger partial charge < -0.3 is 0 Å². The summed E-state index contributed by atoms with van der Waals surface area (Å²) in [5, 5.41) is 0. The smallest absolute Gasteiger partial charge is 0.0226 e. The molecule has 0 aliphatic rings. The number of hydrogen-bond donors (Lipinski definition) is 0. The van der Waals surface area contributed by atoms with Crippen molar-refractivity contribution in [1.82, 2.24) is 0 Å². The third-order valence-corrected chi connectivity index (χ3v) is 3.02. The highest BCUT2D eigenvalue weighted by Gasteiger charge is 2.17. The molecule has 0 saturated heterocycles. The Kier molecular flexibility index (Phi) is 6.03. The Morgan fingerprint density at radius 2 is 1.73 bits per heavy atom. The van der Waals surface area contributed by atoms with E-state index in [2.05, 4.69) is 27.7 Å². The van der Waals surface area contributed by atoms with E-state index in [1.165, 1.54) is 12.8 Å². The lowest BCUT2D eigenvalue weighted by Gasteiger charge is -2.25. The van der Waals surface area contributed by atoms with Crippen LogP contribution < -0.4 is 0 Å². The summed E-state index contributed by atoms with van der Waals surface area (Å²) in [4.78, 5) is 0. The van der Waals surface area contributed by atoms with E-state index in [-0.39, 0.29) is 0 Å². The highest BCUT2D eigenvalue weighted by molar-refractivity contribution is 6.17. The normalized spacial score (nSPS) is 16.9. The molecular weight excluding hydrogens is 156 g/mol. The molecule has 0 nitrogen and oxygen atoms in total. The molecule has 0 aromatic carbocycles. The van der Waals surface area contributed by atoms with Crippen molar-refractivity contribution in [2.75, 3.05) is 5.88 Å². The molecule has 11 heavy (non-hydrogen) atoms. The average Bonchev–Trinajstić information content (AvgIpc) is 1.98. The Hall–Kier alpha value is 0.290. The summed E-state index contributed by atoms with van der Waals surface area (Å²) >= 11 is 5.72. The molecule has 2 unspecified atom stereocenters. The fourth-order valence-electron chi connectivity index (χ4n) is 1.52. The van der Waals surface area contributed by atoms with E-state index >= 15 is 0 Å². The van der Waals surface area contributed by atoms with Gasteiger partial charge in [0, 0.05) is 5.88 Å². The maximum absolute atomic E-state index is 5.72. The molecule has 0 fully saturated rings. The number of halogens is 1. The monoisotopic (exact) mass is 176 g/mol. The quantitative estimate of drug-likeness (QED) is 0.557. The first-order valence-corrected chi connectivity index (χ1v) is 5.22. The third-order valence-electron chi connectivity index (χ3n) is 2.80. The average molecular weight is 177 g/mol. The van der Waals surface area contributed by atoms with Gasteiger partial charge in [-0.05, 0) is 24.2 Å². The molecule has 0 N–H and O–H groups in total. The van der Waals surface area contributed by atoms with Gasteiger partial charge in [0.25, 0.3) is 0 Å². The van der Waals surface area contributed by atoms with Gasteiger partial charge in [-0.2, -0.15) is 0 Å². The minimum absolute atomic E-state index is 0.795. The van der Waals surface area contributed by atoms with Crippen LogP contribution in [0.2, 0.25) is 0 Å². The Morgan fingerprint density at radius 1 is 1.18 bits per heavy atom. The summed E-state index contributed by atoms with van der Waals surface area (Å²) in [5.74, 6) is 3.25. The predicted octanol–water partition coefficient (Wildman–Crippen LogP) is 3.93. The fraction of sp³-hybridized carbons (Fsp3) is 1.00. The summed E-state index contributed by atoms with van der Waals surface area (Å²) in [6, 6.07) is 0. The minimum atomic E-state index is 0.795. The van der Waals surface area contributed by atoms with Crippen molar-refractivity contribution in [3.8, 4) is 0 Å². The summed E-state index contributed by atoms with van der Waals surface area (Å²) < 4.78 is 0. The van der Waals surface area contributed by atoms with Gasteiger partial charge in [-0.3, -0.25) is 0 Å². The van der Waals surface area contributed by atoms with Crippen LogP contribution in [0.1, 0.15) is 40.5 Å². The summed E-state index contributed by atoms with van der Waals surface area (Å²) in [6.07, 6.45) is 2.45. The fourth-order valence-corrected chi connectivity index (χ4v) is 1.80. The Morgan fingerprint density at radius 3 is 2.00 bits per heavy atom. The molecule has 0 bridgehead atoms. The van der Waals surface area contributed by atoms with Crippen molar-refractivity contribution in [3.05, 3.63) is 0 Å². The summed E-state index contributed by atoms with van der Waals surface area (Å²) in [7, 11) is 0. The van der Waals surface area contributed by atoms with E-state index < -0.39 is 0 Å². The molecule has 0 aliphatic carbocycles. The van der Waals surface area contributed by atoms with Crippen LogP contribution >= 0.6 is 11.6 Å². The zero-order chi connectivity index (χ0) is 8.85. The van der Waals surface area contributed by atoms with E-state index in [1.54, 1.807) is 0 Å². The Balaban J connectivity index is 3.81. The van der Waals surface area contributed by atoms with Crippen molar-refractivity contribution in [2.45, 2.75) is 40.5 Å². The van der Waals surface area contributed by atoms with Crippen LogP contribution in [-0.4, -0.2) is 5.88 Å². The molecule has 0 heterocycles. The van der Waals surface area contributed by atoms with Crippen LogP contribution in [0.25, 0.3) is 0 Å². The molecule has 0 spiro atoms. The van der Waals surface area contributed by atoms with E-state index in [0.29, 0.717) is 0 Å². The zero-order valence-electron chi connectivity index (χ0n) is 8.23.